The van der Waals surface area contributed by atoms with Crippen molar-refractivity contribution in [3.8, 4) is 0 Å². The highest BCUT2D eigenvalue weighted by atomic mass is 32.2. The molecule has 0 radical (unpaired) electrons. The molecule has 1 fully saturated rings. The number of oxazole rings is 1. The first-order valence-corrected chi connectivity index (χ1v) is 8.62. The summed E-state index contributed by atoms with van der Waals surface area (Å²) in [6, 6.07) is 4.54. The van der Waals surface area contributed by atoms with Gasteiger partial charge in [0.1, 0.15) is 0 Å². The highest BCUT2D eigenvalue weighted by molar-refractivity contribution is 7.89. The lowest BCUT2D eigenvalue weighted by Gasteiger charge is -2.30. The molecule has 2 aromatic rings. The molecule has 0 bridgehead atoms. The van der Waals surface area contributed by atoms with Crippen LogP contribution in [0.3, 0.4) is 0 Å². The molecule has 2 heterocycles. The first-order chi connectivity index (χ1) is 10.4. The monoisotopic (exact) mass is 326 g/mol. The van der Waals surface area contributed by atoms with Gasteiger partial charge in [-0.2, -0.15) is 4.31 Å². The zero-order valence-electron chi connectivity index (χ0n) is 12.5. The summed E-state index contributed by atoms with van der Waals surface area (Å²) in [5, 5.41) is 0. The van der Waals surface area contributed by atoms with Crippen molar-refractivity contribution < 1.29 is 17.6 Å². The van der Waals surface area contributed by atoms with E-state index < -0.39 is 15.8 Å². The predicted octanol–water partition coefficient (Wildman–Crippen LogP) is 1.02. The number of hydrogen-bond donors (Lipinski definition) is 0. The molecular weight excluding hydrogens is 308 g/mol. The van der Waals surface area contributed by atoms with E-state index in [0.29, 0.717) is 31.8 Å². The fourth-order valence-corrected chi connectivity index (χ4v) is 4.18. The number of ether oxygens (including phenoxy) is 1. The maximum atomic E-state index is 12.7. The Labute approximate surface area is 128 Å². The third-order valence-electron chi connectivity index (χ3n) is 3.80. The van der Waals surface area contributed by atoms with E-state index in [4.69, 9.17) is 9.15 Å². The number of rotatable bonds is 3. The maximum absolute atomic E-state index is 12.7. The van der Waals surface area contributed by atoms with Crippen LogP contribution in [-0.4, -0.2) is 43.1 Å². The number of aromatic nitrogens is 1. The van der Waals surface area contributed by atoms with Gasteiger partial charge in [0.15, 0.2) is 5.58 Å². The Morgan fingerprint density at radius 3 is 2.82 bits per heavy atom. The number of fused-ring (bicyclic) bond motifs is 1. The largest absolute Gasteiger partial charge is 0.419 e. The molecule has 1 saturated heterocycles. The molecule has 0 N–H and O–H groups in total. The molecule has 0 aliphatic carbocycles. The van der Waals surface area contributed by atoms with E-state index in [2.05, 4.69) is 0 Å². The topological polar surface area (TPSA) is 81.8 Å². The van der Waals surface area contributed by atoms with E-state index in [-0.39, 0.29) is 16.6 Å². The van der Waals surface area contributed by atoms with E-state index in [1.165, 1.54) is 21.0 Å². The normalized spacial score (nSPS) is 20.5. The van der Waals surface area contributed by atoms with Gasteiger partial charge in [0.05, 0.1) is 23.1 Å². The highest BCUT2D eigenvalue weighted by Gasteiger charge is 2.29. The van der Waals surface area contributed by atoms with Gasteiger partial charge in [-0.15, -0.1) is 0 Å². The third-order valence-corrected chi connectivity index (χ3v) is 5.66. The standard InChI is InChI=1S/C14H18N2O5S/c1-3-16-12-5-4-11(8-13(12)21-14(16)17)22(18,19)15-6-7-20-10(2)9-15/h4-5,8,10H,3,6-7,9H2,1-2H3. The van der Waals surface area contributed by atoms with Crippen LogP contribution in [0.4, 0.5) is 0 Å². The lowest BCUT2D eigenvalue weighted by atomic mass is 10.3. The van der Waals surface area contributed by atoms with Crippen molar-refractivity contribution in [3.05, 3.63) is 28.7 Å². The molecule has 1 aromatic heterocycles. The molecule has 22 heavy (non-hydrogen) atoms. The van der Waals surface area contributed by atoms with Crippen LogP contribution in [0, 0.1) is 0 Å². The molecule has 8 heteroatoms. The van der Waals surface area contributed by atoms with Crippen LogP contribution < -0.4 is 5.76 Å². The SMILES string of the molecule is CCn1c(=O)oc2cc(S(=O)(=O)N3CCOC(C)C3)ccc21. The Morgan fingerprint density at radius 1 is 1.36 bits per heavy atom. The Bertz CT molecular complexity index is 852. The molecule has 1 atom stereocenters. The van der Waals surface area contributed by atoms with Crippen molar-refractivity contribution in [3.63, 3.8) is 0 Å². The Hall–Kier alpha value is -1.64. The fraction of sp³-hybridized carbons (Fsp3) is 0.500. The van der Waals surface area contributed by atoms with Crippen LogP contribution in [-0.2, 0) is 21.3 Å². The van der Waals surface area contributed by atoms with E-state index in [1.54, 1.807) is 6.07 Å². The lowest BCUT2D eigenvalue weighted by Crippen LogP contribution is -2.44. The Balaban J connectivity index is 2.04. The zero-order valence-corrected chi connectivity index (χ0v) is 13.3. The molecule has 1 aliphatic heterocycles. The predicted molar refractivity (Wildman–Crippen MR) is 80.3 cm³/mol. The lowest BCUT2D eigenvalue weighted by molar-refractivity contribution is 0.0102. The molecule has 120 valence electrons. The van der Waals surface area contributed by atoms with Crippen molar-refractivity contribution in [1.29, 1.82) is 0 Å². The molecule has 0 amide bonds. The molecule has 1 unspecified atom stereocenters. The molecular formula is C14H18N2O5S. The zero-order chi connectivity index (χ0) is 15.9. The second-order valence-corrected chi connectivity index (χ2v) is 7.22. The van der Waals surface area contributed by atoms with Crippen LogP contribution in [0.15, 0.2) is 32.3 Å². The summed E-state index contributed by atoms with van der Waals surface area (Å²) < 4.78 is 38.7. The van der Waals surface area contributed by atoms with Gasteiger partial charge in [-0.1, -0.05) is 0 Å². The van der Waals surface area contributed by atoms with Gasteiger partial charge in [0, 0.05) is 25.7 Å². The van der Waals surface area contributed by atoms with Crippen molar-refractivity contribution >= 4 is 21.1 Å². The van der Waals surface area contributed by atoms with Crippen LogP contribution in [0.1, 0.15) is 13.8 Å². The molecule has 0 saturated carbocycles. The number of aryl methyl sites for hydroxylation is 1. The van der Waals surface area contributed by atoms with Gasteiger partial charge in [-0.05, 0) is 26.0 Å². The van der Waals surface area contributed by atoms with Crippen molar-refractivity contribution in [2.45, 2.75) is 31.4 Å². The molecule has 3 rings (SSSR count). The summed E-state index contributed by atoms with van der Waals surface area (Å²) in [6.07, 6.45) is -0.133. The minimum atomic E-state index is -3.61. The van der Waals surface area contributed by atoms with Gasteiger partial charge in [0.25, 0.3) is 0 Å². The third kappa shape index (κ3) is 2.47. The summed E-state index contributed by atoms with van der Waals surface area (Å²) in [5.41, 5.74) is 0.885. The van der Waals surface area contributed by atoms with Crippen LogP contribution >= 0.6 is 0 Å². The minimum absolute atomic E-state index is 0.131. The van der Waals surface area contributed by atoms with Gasteiger partial charge < -0.3 is 9.15 Å². The summed E-state index contributed by atoms with van der Waals surface area (Å²) >= 11 is 0. The Kier molecular flexibility index (Phi) is 3.84. The highest BCUT2D eigenvalue weighted by Crippen LogP contribution is 2.23. The van der Waals surface area contributed by atoms with E-state index in [9.17, 15) is 13.2 Å². The van der Waals surface area contributed by atoms with Crippen molar-refractivity contribution in [2.24, 2.45) is 0 Å². The fourth-order valence-electron chi connectivity index (χ4n) is 2.66. The second kappa shape index (κ2) is 5.53. The van der Waals surface area contributed by atoms with Gasteiger partial charge >= 0.3 is 5.76 Å². The van der Waals surface area contributed by atoms with Gasteiger partial charge in [-0.25, -0.2) is 13.2 Å². The minimum Gasteiger partial charge on any atom is -0.408 e. The quantitative estimate of drug-likeness (QED) is 0.841. The first kappa shape index (κ1) is 15.3. The second-order valence-electron chi connectivity index (χ2n) is 5.29. The smallest absolute Gasteiger partial charge is 0.408 e. The first-order valence-electron chi connectivity index (χ1n) is 7.18. The number of sulfonamides is 1. The van der Waals surface area contributed by atoms with E-state index >= 15 is 0 Å². The number of hydrogen-bond acceptors (Lipinski definition) is 5. The van der Waals surface area contributed by atoms with E-state index in [1.807, 2.05) is 13.8 Å². The molecule has 7 nitrogen and oxygen atoms in total. The number of morpholine rings is 1. The van der Waals surface area contributed by atoms with Gasteiger partial charge in [0.2, 0.25) is 10.0 Å². The molecule has 1 aliphatic rings. The van der Waals surface area contributed by atoms with Crippen LogP contribution in [0.25, 0.3) is 11.1 Å². The van der Waals surface area contributed by atoms with Crippen LogP contribution in [0.5, 0.6) is 0 Å². The average Bonchev–Trinajstić information content (AvgIpc) is 2.81. The van der Waals surface area contributed by atoms with Gasteiger partial charge in [-0.3, -0.25) is 4.57 Å². The summed E-state index contributed by atoms with van der Waals surface area (Å²) in [5.74, 6) is -0.480. The van der Waals surface area contributed by atoms with Crippen molar-refractivity contribution in [1.82, 2.24) is 8.87 Å². The number of nitrogens with zero attached hydrogens (tertiary/aromatic N) is 2. The van der Waals surface area contributed by atoms with Crippen molar-refractivity contribution in [2.75, 3.05) is 19.7 Å². The summed E-state index contributed by atoms with van der Waals surface area (Å²) in [7, 11) is -3.61. The molecule has 1 aromatic carbocycles. The summed E-state index contributed by atoms with van der Waals surface area (Å²) in [6.45, 7) is 5.16. The van der Waals surface area contributed by atoms with E-state index in [0.717, 1.165) is 0 Å². The number of benzene rings is 1. The average molecular weight is 326 g/mol. The van der Waals surface area contributed by atoms with Crippen LogP contribution in [0.2, 0.25) is 0 Å². The maximum Gasteiger partial charge on any atom is 0.419 e. The summed E-state index contributed by atoms with van der Waals surface area (Å²) in [4.78, 5) is 11.8. The Morgan fingerprint density at radius 2 is 2.14 bits per heavy atom. The molecule has 0 spiro atoms.